The molecular weight excluding hydrogens is 388 g/mol. The predicted molar refractivity (Wildman–Crippen MR) is 142 cm³/mol. The second kappa shape index (κ2) is 20.3. The van der Waals surface area contributed by atoms with Crippen LogP contribution in [0.3, 0.4) is 0 Å². The first-order valence-corrected chi connectivity index (χ1v) is 15.5. The van der Waals surface area contributed by atoms with Crippen molar-refractivity contribution in [2.75, 3.05) is 6.61 Å². The van der Waals surface area contributed by atoms with Crippen molar-refractivity contribution in [2.45, 2.75) is 180 Å². The highest BCUT2D eigenvalue weighted by Gasteiger charge is 2.31. The number of rotatable bonds is 20. The van der Waals surface area contributed by atoms with E-state index in [-0.39, 0.29) is 0 Å². The highest BCUT2D eigenvalue weighted by molar-refractivity contribution is 4.82. The van der Waals surface area contributed by atoms with Gasteiger partial charge < -0.3 is 4.74 Å². The number of unbranched alkanes of at least 4 members (excludes halogenated alkanes) is 15. The Bertz CT molecular complexity index is 362. The van der Waals surface area contributed by atoms with Crippen LogP contribution in [0.4, 0.5) is 0 Å². The van der Waals surface area contributed by atoms with Crippen molar-refractivity contribution >= 4 is 0 Å². The van der Waals surface area contributed by atoms with Crippen LogP contribution in [-0.2, 0) is 4.74 Å². The molecule has 0 aliphatic heterocycles. The summed E-state index contributed by atoms with van der Waals surface area (Å²) in [5, 5.41) is 0. The average molecular weight is 449 g/mol. The van der Waals surface area contributed by atoms with Crippen molar-refractivity contribution in [1.82, 2.24) is 0 Å². The summed E-state index contributed by atoms with van der Waals surface area (Å²) in [5.41, 5.74) is 0. The van der Waals surface area contributed by atoms with Gasteiger partial charge in [-0.05, 0) is 43.9 Å². The van der Waals surface area contributed by atoms with Gasteiger partial charge in [-0.2, -0.15) is 0 Å². The standard InChI is InChI=1S/C31H60O/c1-2-3-4-5-6-7-8-9-10-11-12-13-14-15-16-23-28-32-31(29-24-19-17-20-25-29)30-26-21-18-22-27-30/h29-31H,2-28H2,1H3. The molecule has 0 aromatic rings. The molecule has 0 aromatic heterocycles. The molecular formula is C31H60O. The zero-order valence-electron chi connectivity index (χ0n) is 22.2. The smallest absolute Gasteiger partial charge is 0.0631 e. The zero-order valence-corrected chi connectivity index (χ0v) is 22.2. The fraction of sp³-hybridized carbons (Fsp3) is 1.00. The third-order valence-electron chi connectivity index (χ3n) is 8.54. The molecule has 1 nitrogen and oxygen atoms in total. The van der Waals surface area contributed by atoms with E-state index in [1.807, 2.05) is 0 Å². The monoisotopic (exact) mass is 448 g/mol. The first-order valence-electron chi connectivity index (χ1n) is 15.5. The normalized spacial score (nSPS) is 18.6. The predicted octanol–water partition coefficient (Wildman–Crippen LogP) is 10.8. The number of hydrogen-bond donors (Lipinski definition) is 0. The van der Waals surface area contributed by atoms with Crippen LogP contribution in [0.25, 0.3) is 0 Å². The van der Waals surface area contributed by atoms with Crippen molar-refractivity contribution in [3.8, 4) is 0 Å². The molecule has 2 rings (SSSR count). The summed E-state index contributed by atoms with van der Waals surface area (Å²) >= 11 is 0. The Morgan fingerprint density at radius 3 is 1.19 bits per heavy atom. The van der Waals surface area contributed by atoms with E-state index in [1.54, 1.807) is 0 Å². The van der Waals surface area contributed by atoms with Crippen molar-refractivity contribution in [3.05, 3.63) is 0 Å². The Kier molecular flexibility index (Phi) is 17.9. The van der Waals surface area contributed by atoms with Gasteiger partial charge in [0.15, 0.2) is 0 Å². The van der Waals surface area contributed by atoms with E-state index in [4.69, 9.17) is 4.74 Å². The van der Waals surface area contributed by atoms with Gasteiger partial charge in [-0.3, -0.25) is 0 Å². The molecule has 0 N–H and O–H groups in total. The van der Waals surface area contributed by atoms with E-state index in [0.29, 0.717) is 6.10 Å². The molecule has 0 heterocycles. The van der Waals surface area contributed by atoms with Crippen molar-refractivity contribution in [2.24, 2.45) is 11.8 Å². The summed E-state index contributed by atoms with van der Waals surface area (Å²) in [7, 11) is 0. The lowest BCUT2D eigenvalue weighted by Gasteiger charge is -2.37. The SMILES string of the molecule is CCCCCCCCCCCCCCCCCCOC(C1CCCCC1)C1CCCCC1. The summed E-state index contributed by atoms with van der Waals surface area (Å²) in [6.07, 6.45) is 38.3. The molecule has 0 spiro atoms. The van der Waals surface area contributed by atoms with Gasteiger partial charge >= 0.3 is 0 Å². The average Bonchev–Trinajstić information content (AvgIpc) is 2.84. The van der Waals surface area contributed by atoms with Crippen LogP contribution >= 0.6 is 0 Å². The van der Waals surface area contributed by atoms with E-state index in [9.17, 15) is 0 Å². The van der Waals surface area contributed by atoms with E-state index < -0.39 is 0 Å². The molecule has 2 aliphatic carbocycles. The minimum atomic E-state index is 0.604. The maximum absolute atomic E-state index is 6.64. The van der Waals surface area contributed by atoms with E-state index in [1.165, 1.54) is 167 Å². The minimum Gasteiger partial charge on any atom is -0.378 e. The van der Waals surface area contributed by atoms with Crippen molar-refractivity contribution in [1.29, 1.82) is 0 Å². The molecule has 0 amide bonds. The molecule has 0 saturated heterocycles. The molecule has 32 heavy (non-hydrogen) atoms. The van der Waals surface area contributed by atoms with Gasteiger partial charge in [0.1, 0.15) is 0 Å². The van der Waals surface area contributed by atoms with Crippen LogP contribution in [0.15, 0.2) is 0 Å². The fourth-order valence-electron chi connectivity index (χ4n) is 6.45. The molecule has 2 saturated carbocycles. The largest absolute Gasteiger partial charge is 0.378 e. The maximum Gasteiger partial charge on any atom is 0.0631 e. The second-order valence-corrected chi connectivity index (χ2v) is 11.4. The quantitative estimate of drug-likeness (QED) is 0.168. The van der Waals surface area contributed by atoms with Gasteiger partial charge in [0.05, 0.1) is 6.10 Å². The highest BCUT2D eigenvalue weighted by atomic mass is 16.5. The molecule has 0 bridgehead atoms. The molecule has 0 unspecified atom stereocenters. The summed E-state index contributed by atoms with van der Waals surface area (Å²) in [6, 6.07) is 0. The Hall–Kier alpha value is -0.0400. The lowest BCUT2D eigenvalue weighted by Crippen LogP contribution is -2.35. The van der Waals surface area contributed by atoms with Gasteiger partial charge in [-0.1, -0.05) is 142 Å². The molecule has 0 aromatic carbocycles. The molecule has 2 aliphatic rings. The first-order chi connectivity index (χ1) is 15.9. The first kappa shape index (κ1) is 28.2. The van der Waals surface area contributed by atoms with Gasteiger partial charge in [0.2, 0.25) is 0 Å². The summed E-state index contributed by atoms with van der Waals surface area (Å²) < 4.78 is 6.64. The van der Waals surface area contributed by atoms with Crippen molar-refractivity contribution in [3.63, 3.8) is 0 Å². The second-order valence-electron chi connectivity index (χ2n) is 11.4. The Balaban J connectivity index is 1.38. The van der Waals surface area contributed by atoms with E-state index >= 15 is 0 Å². The molecule has 0 radical (unpaired) electrons. The summed E-state index contributed by atoms with van der Waals surface area (Å²) in [4.78, 5) is 0. The summed E-state index contributed by atoms with van der Waals surface area (Å²) in [5.74, 6) is 1.76. The van der Waals surface area contributed by atoms with Gasteiger partial charge in [0, 0.05) is 6.61 Å². The highest BCUT2D eigenvalue weighted by Crippen LogP contribution is 2.37. The van der Waals surface area contributed by atoms with Crippen LogP contribution < -0.4 is 0 Å². The number of hydrogen-bond acceptors (Lipinski definition) is 1. The summed E-state index contributed by atoms with van der Waals surface area (Å²) in [6.45, 7) is 3.34. The molecule has 0 atom stereocenters. The topological polar surface area (TPSA) is 9.23 Å². The van der Waals surface area contributed by atoms with Crippen LogP contribution in [0.1, 0.15) is 174 Å². The van der Waals surface area contributed by atoms with Crippen LogP contribution in [-0.4, -0.2) is 12.7 Å². The van der Waals surface area contributed by atoms with Gasteiger partial charge in [-0.15, -0.1) is 0 Å². The maximum atomic E-state index is 6.64. The molecule has 190 valence electrons. The van der Waals surface area contributed by atoms with Gasteiger partial charge in [0.25, 0.3) is 0 Å². The lowest BCUT2D eigenvalue weighted by atomic mass is 9.75. The lowest BCUT2D eigenvalue weighted by molar-refractivity contribution is -0.0477. The van der Waals surface area contributed by atoms with Crippen LogP contribution in [0, 0.1) is 11.8 Å². The fourth-order valence-corrected chi connectivity index (χ4v) is 6.45. The third kappa shape index (κ3) is 13.6. The Morgan fingerprint density at radius 2 is 0.812 bits per heavy atom. The molecule has 1 heteroatoms. The Labute approximate surface area is 203 Å². The van der Waals surface area contributed by atoms with Crippen LogP contribution in [0.5, 0.6) is 0 Å². The zero-order chi connectivity index (χ0) is 22.5. The third-order valence-corrected chi connectivity index (χ3v) is 8.54. The minimum absolute atomic E-state index is 0.604. The number of ether oxygens (including phenoxy) is 1. The van der Waals surface area contributed by atoms with Crippen LogP contribution in [0.2, 0.25) is 0 Å². The van der Waals surface area contributed by atoms with E-state index in [2.05, 4.69) is 6.92 Å². The van der Waals surface area contributed by atoms with Crippen molar-refractivity contribution < 1.29 is 4.74 Å². The molecule has 2 fully saturated rings. The Morgan fingerprint density at radius 1 is 0.469 bits per heavy atom. The van der Waals surface area contributed by atoms with E-state index in [0.717, 1.165) is 18.4 Å². The van der Waals surface area contributed by atoms with Gasteiger partial charge in [-0.25, -0.2) is 0 Å².